The average Bonchev–Trinajstić information content (AvgIpc) is 3.21. The Bertz CT molecular complexity index is 891. The van der Waals surface area contributed by atoms with Gasteiger partial charge in [0.05, 0.1) is 0 Å². The molecule has 0 radical (unpaired) electrons. The van der Waals surface area contributed by atoms with Crippen LogP contribution in [0.2, 0.25) is 0 Å². The molecule has 1 atom stereocenters. The van der Waals surface area contributed by atoms with Crippen LogP contribution in [-0.2, 0) is 25.7 Å². The molecule has 1 unspecified atom stereocenters. The van der Waals surface area contributed by atoms with Gasteiger partial charge in [0.15, 0.2) is 0 Å². The molecular formula is C26H39N5O5. The summed E-state index contributed by atoms with van der Waals surface area (Å²) in [5, 5.41) is 11.1. The Balaban J connectivity index is 1.68. The number of amides is 5. The molecule has 36 heavy (non-hydrogen) atoms. The Hall–Kier alpha value is -3.27. The van der Waals surface area contributed by atoms with Crippen LogP contribution in [0.5, 0.6) is 0 Å². The number of nitrogens with one attached hydrogen (secondary N) is 4. The second kappa shape index (κ2) is 16.4. The van der Waals surface area contributed by atoms with E-state index in [-0.39, 0.29) is 30.2 Å². The Kier molecular flexibility index (Phi) is 13.2. The lowest BCUT2D eigenvalue weighted by atomic mass is 10.1. The van der Waals surface area contributed by atoms with Gasteiger partial charge in [-0.25, -0.2) is 0 Å². The Morgan fingerprint density at radius 2 is 1.69 bits per heavy atom. The lowest BCUT2D eigenvalue weighted by Gasteiger charge is -2.24. The minimum atomic E-state index is -0.370. The third-order valence-electron chi connectivity index (χ3n) is 6.33. The van der Waals surface area contributed by atoms with Crippen LogP contribution >= 0.6 is 0 Å². The predicted octanol–water partition coefficient (Wildman–Crippen LogP) is 2.09. The van der Waals surface area contributed by atoms with Crippen LogP contribution < -0.4 is 21.3 Å². The van der Waals surface area contributed by atoms with E-state index in [1.165, 1.54) is 0 Å². The van der Waals surface area contributed by atoms with Gasteiger partial charge < -0.3 is 20.9 Å². The summed E-state index contributed by atoms with van der Waals surface area (Å²) < 4.78 is 0. The summed E-state index contributed by atoms with van der Waals surface area (Å²) in [6.45, 7) is 4.80. The van der Waals surface area contributed by atoms with Crippen molar-refractivity contribution in [1.29, 1.82) is 0 Å². The van der Waals surface area contributed by atoms with Crippen LogP contribution in [0.4, 0.5) is 5.69 Å². The molecule has 0 bridgehead atoms. The van der Waals surface area contributed by atoms with Crippen LogP contribution in [0.15, 0.2) is 18.2 Å². The first-order valence-electron chi connectivity index (χ1n) is 12.8. The van der Waals surface area contributed by atoms with E-state index in [1.807, 2.05) is 13.0 Å². The molecule has 1 aliphatic heterocycles. The molecule has 1 aromatic carbocycles. The molecular weight excluding hydrogens is 462 g/mol. The molecule has 0 aromatic heterocycles. The third-order valence-corrected chi connectivity index (χ3v) is 6.33. The number of imide groups is 1. The van der Waals surface area contributed by atoms with Crippen molar-refractivity contribution < 1.29 is 24.0 Å². The molecule has 10 heteroatoms. The van der Waals surface area contributed by atoms with E-state index >= 15 is 0 Å². The second-order valence-corrected chi connectivity index (χ2v) is 9.08. The van der Waals surface area contributed by atoms with E-state index in [9.17, 15) is 24.0 Å². The van der Waals surface area contributed by atoms with Crippen LogP contribution in [0.25, 0.3) is 0 Å². The molecule has 1 aliphatic rings. The van der Waals surface area contributed by atoms with Gasteiger partial charge in [-0.05, 0) is 57.8 Å². The van der Waals surface area contributed by atoms with Gasteiger partial charge in [0.1, 0.15) is 0 Å². The lowest BCUT2D eigenvalue weighted by molar-refractivity contribution is -0.125. The minimum absolute atomic E-state index is 0.0570. The highest BCUT2D eigenvalue weighted by atomic mass is 16.2. The smallest absolute Gasteiger partial charge is 0.254 e. The van der Waals surface area contributed by atoms with Crippen LogP contribution in [0, 0.1) is 0 Å². The molecule has 1 aromatic rings. The average molecular weight is 502 g/mol. The number of benzene rings is 1. The van der Waals surface area contributed by atoms with Crippen LogP contribution in [0.3, 0.4) is 0 Å². The van der Waals surface area contributed by atoms with E-state index in [1.54, 1.807) is 17.0 Å². The fourth-order valence-corrected chi connectivity index (χ4v) is 4.24. The number of carbonyl (C=O) groups excluding carboxylic acids is 5. The molecule has 0 spiro atoms. The topological polar surface area (TPSA) is 137 Å². The van der Waals surface area contributed by atoms with E-state index in [4.69, 9.17) is 0 Å². The Morgan fingerprint density at radius 3 is 2.47 bits per heavy atom. The van der Waals surface area contributed by atoms with Gasteiger partial charge >= 0.3 is 0 Å². The number of unbranched alkanes of at least 4 members (excludes halogenated alkanes) is 4. The Labute approximate surface area is 212 Å². The second-order valence-electron chi connectivity index (χ2n) is 9.08. The minimum Gasteiger partial charge on any atom is -0.359 e. The van der Waals surface area contributed by atoms with Crippen molar-refractivity contribution in [2.75, 3.05) is 25.0 Å². The fourth-order valence-electron chi connectivity index (χ4n) is 4.24. The van der Waals surface area contributed by atoms with Gasteiger partial charge in [-0.1, -0.05) is 25.3 Å². The molecule has 5 amide bonds. The maximum Gasteiger partial charge on any atom is 0.254 e. The van der Waals surface area contributed by atoms with Gasteiger partial charge in [0, 0.05) is 48.8 Å². The molecule has 198 valence electrons. The van der Waals surface area contributed by atoms with Gasteiger partial charge in [-0.2, -0.15) is 0 Å². The molecule has 0 saturated heterocycles. The molecule has 2 rings (SSSR count). The number of hydrogen-bond donors (Lipinski definition) is 4. The van der Waals surface area contributed by atoms with Crippen molar-refractivity contribution in [1.82, 2.24) is 20.9 Å². The van der Waals surface area contributed by atoms with Crippen molar-refractivity contribution in [2.24, 2.45) is 0 Å². The van der Waals surface area contributed by atoms with Crippen LogP contribution in [0.1, 0.15) is 80.6 Å². The van der Waals surface area contributed by atoms with Gasteiger partial charge in [0.2, 0.25) is 24.6 Å². The standard InChI is InChI=1S/C26H39N5O5/c1-20(12-13-24(34)29-19-33)31-17-22-21(26(31)36)9-7-10-23(22)30-25(35)11-5-3-2-4-6-14-27-15-8-16-28-18-32/h7,9-10,18-20,27H,2-6,8,11-17H2,1H3,(H,28,32)(H,30,35)(H,29,33,34). The summed E-state index contributed by atoms with van der Waals surface area (Å²) in [5.74, 6) is -0.541. The quantitative estimate of drug-likeness (QED) is 0.169. The molecule has 10 nitrogen and oxygen atoms in total. The van der Waals surface area contributed by atoms with E-state index in [0.717, 1.165) is 57.2 Å². The maximum absolute atomic E-state index is 12.9. The Morgan fingerprint density at radius 1 is 0.944 bits per heavy atom. The summed E-state index contributed by atoms with van der Waals surface area (Å²) in [6.07, 6.45) is 8.11. The summed E-state index contributed by atoms with van der Waals surface area (Å²) in [7, 11) is 0. The molecule has 0 fully saturated rings. The van der Waals surface area contributed by atoms with E-state index < -0.39 is 0 Å². The van der Waals surface area contributed by atoms with E-state index in [0.29, 0.717) is 50.0 Å². The zero-order chi connectivity index (χ0) is 26.2. The number of anilines is 1. The molecule has 0 aliphatic carbocycles. The summed E-state index contributed by atoms with van der Waals surface area (Å²) in [6, 6.07) is 5.17. The highest BCUT2D eigenvalue weighted by molar-refractivity contribution is 6.02. The normalized spacial score (nSPS) is 13.1. The lowest BCUT2D eigenvalue weighted by Crippen LogP contribution is -2.34. The molecule has 4 N–H and O–H groups in total. The largest absolute Gasteiger partial charge is 0.359 e. The first-order valence-corrected chi connectivity index (χ1v) is 12.8. The highest BCUT2D eigenvalue weighted by Crippen LogP contribution is 2.31. The monoisotopic (exact) mass is 501 g/mol. The zero-order valence-corrected chi connectivity index (χ0v) is 21.1. The van der Waals surface area contributed by atoms with Crippen molar-refractivity contribution in [3.05, 3.63) is 29.3 Å². The molecule has 1 heterocycles. The van der Waals surface area contributed by atoms with Crippen molar-refractivity contribution in [3.63, 3.8) is 0 Å². The van der Waals surface area contributed by atoms with Gasteiger partial charge in [0.25, 0.3) is 5.91 Å². The van der Waals surface area contributed by atoms with Crippen LogP contribution in [-0.4, -0.2) is 61.1 Å². The van der Waals surface area contributed by atoms with Gasteiger partial charge in [-0.15, -0.1) is 0 Å². The van der Waals surface area contributed by atoms with Crippen molar-refractivity contribution in [3.8, 4) is 0 Å². The fraction of sp³-hybridized carbons (Fsp3) is 0.577. The number of nitrogens with zero attached hydrogens (tertiary/aromatic N) is 1. The van der Waals surface area contributed by atoms with Crippen molar-refractivity contribution >= 4 is 36.2 Å². The number of carbonyl (C=O) groups is 5. The number of hydrogen-bond acceptors (Lipinski definition) is 6. The first-order chi connectivity index (χ1) is 17.5. The summed E-state index contributed by atoms with van der Waals surface area (Å²) in [5.41, 5.74) is 2.04. The SMILES string of the molecule is CC(CCC(=O)NC=O)N1Cc2c(NC(=O)CCCCCCCNCCCNC=O)cccc2C1=O. The third kappa shape index (κ3) is 9.77. The molecule has 0 saturated carbocycles. The van der Waals surface area contributed by atoms with E-state index in [2.05, 4.69) is 21.3 Å². The number of rotatable bonds is 19. The maximum atomic E-state index is 12.9. The first kappa shape index (κ1) is 29.0. The number of fused-ring (bicyclic) bond motifs is 1. The highest BCUT2D eigenvalue weighted by Gasteiger charge is 2.32. The predicted molar refractivity (Wildman–Crippen MR) is 137 cm³/mol. The van der Waals surface area contributed by atoms with Crippen molar-refractivity contribution in [2.45, 2.75) is 77.3 Å². The summed E-state index contributed by atoms with van der Waals surface area (Å²) in [4.78, 5) is 59.2. The summed E-state index contributed by atoms with van der Waals surface area (Å²) >= 11 is 0. The zero-order valence-electron chi connectivity index (χ0n) is 21.1. The van der Waals surface area contributed by atoms with Gasteiger partial charge in [-0.3, -0.25) is 29.3 Å².